The second-order valence-electron chi connectivity index (χ2n) is 5.93. The van der Waals surface area contributed by atoms with Gasteiger partial charge in [-0.1, -0.05) is 12.8 Å². The quantitative estimate of drug-likeness (QED) is 0.665. The van der Waals surface area contributed by atoms with Crippen LogP contribution in [0.15, 0.2) is 0 Å². The lowest BCUT2D eigenvalue weighted by atomic mass is 10.1. The second kappa shape index (κ2) is 8.06. The summed E-state index contributed by atoms with van der Waals surface area (Å²) in [5.74, 6) is 0.916. The first-order valence-electron chi connectivity index (χ1n) is 7.00. The van der Waals surface area contributed by atoms with Gasteiger partial charge in [0.05, 0.1) is 25.4 Å². The number of rotatable bonds is 8. The fraction of sp³-hybridized carbons (Fsp3) is 1.00. The Hall–Kier alpha value is -0.120. The summed E-state index contributed by atoms with van der Waals surface area (Å²) in [4.78, 5) is 0. The van der Waals surface area contributed by atoms with Crippen LogP contribution in [0.5, 0.6) is 0 Å². The van der Waals surface area contributed by atoms with Crippen LogP contribution in [0.2, 0.25) is 0 Å². The van der Waals surface area contributed by atoms with Crippen LogP contribution >= 0.6 is 0 Å². The van der Waals surface area contributed by atoms with Crippen LogP contribution in [0.1, 0.15) is 46.5 Å². The van der Waals surface area contributed by atoms with Crippen LogP contribution in [0.4, 0.5) is 0 Å². The molecule has 0 unspecified atom stereocenters. The Balaban J connectivity index is 1.78. The molecule has 0 amide bonds. The van der Waals surface area contributed by atoms with E-state index in [2.05, 4.69) is 26.1 Å². The van der Waals surface area contributed by atoms with E-state index in [0.29, 0.717) is 13.2 Å². The molecule has 17 heavy (non-hydrogen) atoms. The Labute approximate surface area is 106 Å². The van der Waals surface area contributed by atoms with Gasteiger partial charge in [0.1, 0.15) is 0 Å². The molecule has 1 fully saturated rings. The molecule has 0 aromatic rings. The molecule has 1 saturated carbocycles. The van der Waals surface area contributed by atoms with E-state index in [-0.39, 0.29) is 5.60 Å². The van der Waals surface area contributed by atoms with Gasteiger partial charge >= 0.3 is 0 Å². The molecule has 0 radical (unpaired) electrons. The summed E-state index contributed by atoms with van der Waals surface area (Å²) in [6.07, 6.45) is 5.67. The van der Waals surface area contributed by atoms with E-state index in [9.17, 15) is 0 Å². The lowest BCUT2D eigenvalue weighted by Gasteiger charge is -2.19. The van der Waals surface area contributed by atoms with E-state index in [1.807, 2.05) is 0 Å². The zero-order chi connectivity index (χ0) is 12.6. The first-order valence-corrected chi connectivity index (χ1v) is 7.00. The molecule has 0 spiro atoms. The second-order valence-corrected chi connectivity index (χ2v) is 5.93. The summed E-state index contributed by atoms with van der Waals surface area (Å²) >= 11 is 0. The Morgan fingerprint density at radius 2 is 1.76 bits per heavy atom. The summed E-state index contributed by atoms with van der Waals surface area (Å²) < 4.78 is 11.1. The fourth-order valence-corrected chi connectivity index (χ4v) is 2.17. The summed E-state index contributed by atoms with van der Waals surface area (Å²) in [6.45, 7) is 10.5. The number of hydrogen-bond acceptors (Lipinski definition) is 3. The highest BCUT2D eigenvalue weighted by Gasteiger charge is 2.13. The van der Waals surface area contributed by atoms with E-state index in [4.69, 9.17) is 9.47 Å². The van der Waals surface area contributed by atoms with Crippen molar-refractivity contribution in [3.63, 3.8) is 0 Å². The molecule has 3 heteroatoms. The Morgan fingerprint density at radius 3 is 2.41 bits per heavy atom. The normalized spacial score (nSPS) is 17.8. The summed E-state index contributed by atoms with van der Waals surface area (Å²) in [7, 11) is 0. The molecule has 0 aliphatic heterocycles. The molecule has 0 bridgehead atoms. The van der Waals surface area contributed by atoms with Crippen LogP contribution in [0.3, 0.4) is 0 Å². The molecular formula is C14H29NO2. The van der Waals surface area contributed by atoms with Crippen molar-refractivity contribution in [3.8, 4) is 0 Å². The predicted octanol–water partition coefficient (Wildman–Crippen LogP) is 2.60. The van der Waals surface area contributed by atoms with Gasteiger partial charge in [0.15, 0.2) is 0 Å². The van der Waals surface area contributed by atoms with Crippen molar-refractivity contribution in [3.05, 3.63) is 0 Å². The molecule has 102 valence electrons. The van der Waals surface area contributed by atoms with Crippen molar-refractivity contribution >= 4 is 0 Å². The number of nitrogens with one attached hydrogen (secondary N) is 1. The maximum absolute atomic E-state index is 5.57. The largest absolute Gasteiger partial charge is 0.378 e. The fourth-order valence-electron chi connectivity index (χ4n) is 2.17. The third kappa shape index (κ3) is 8.58. The maximum atomic E-state index is 5.57. The van der Waals surface area contributed by atoms with E-state index in [1.54, 1.807) is 0 Å². The van der Waals surface area contributed by atoms with Gasteiger partial charge in [0.25, 0.3) is 0 Å². The standard InChI is InChI=1S/C14H29NO2/c1-14(2,3)17-11-10-16-9-8-15-12-13-6-4-5-7-13/h13,15H,4-12H2,1-3H3. The minimum absolute atomic E-state index is 0.0515. The molecule has 3 nitrogen and oxygen atoms in total. The van der Waals surface area contributed by atoms with Crippen LogP contribution in [0, 0.1) is 5.92 Å². The summed E-state index contributed by atoms with van der Waals surface area (Å²) in [5, 5.41) is 3.47. The van der Waals surface area contributed by atoms with Gasteiger partial charge in [-0.2, -0.15) is 0 Å². The third-order valence-electron chi connectivity index (χ3n) is 3.09. The van der Waals surface area contributed by atoms with Crippen molar-refractivity contribution in [1.29, 1.82) is 0 Å². The van der Waals surface area contributed by atoms with Gasteiger partial charge < -0.3 is 14.8 Å². The molecular weight excluding hydrogens is 214 g/mol. The SMILES string of the molecule is CC(C)(C)OCCOCCNCC1CCCC1. The average Bonchev–Trinajstić information content (AvgIpc) is 2.73. The van der Waals surface area contributed by atoms with Crippen molar-refractivity contribution in [2.45, 2.75) is 52.1 Å². The highest BCUT2D eigenvalue weighted by molar-refractivity contribution is 4.69. The van der Waals surface area contributed by atoms with Crippen LogP contribution in [0.25, 0.3) is 0 Å². The molecule has 1 aliphatic carbocycles. The van der Waals surface area contributed by atoms with Crippen LogP contribution in [-0.2, 0) is 9.47 Å². The smallest absolute Gasteiger partial charge is 0.0707 e. The highest BCUT2D eigenvalue weighted by atomic mass is 16.5. The van der Waals surface area contributed by atoms with Gasteiger partial charge in [-0.05, 0) is 46.1 Å². The van der Waals surface area contributed by atoms with Crippen molar-refractivity contribution < 1.29 is 9.47 Å². The first kappa shape index (κ1) is 14.9. The number of ether oxygens (including phenoxy) is 2. The average molecular weight is 243 g/mol. The molecule has 1 aliphatic rings. The van der Waals surface area contributed by atoms with E-state index >= 15 is 0 Å². The van der Waals surface area contributed by atoms with Crippen molar-refractivity contribution in [2.24, 2.45) is 5.92 Å². The predicted molar refractivity (Wildman–Crippen MR) is 71.4 cm³/mol. The third-order valence-corrected chi connectivity index (χ3v) is 3.09. The zero-order valence-electron chi connectivity index (χ0n) is 11.8. The molecule has 1 rings (SSSR count). The van der Waals surface area contributed by atoms with E-state index in [1.165, 1.54) is 32.2 Å². The topological polar surface area (TPSA) is 30.5 Å². The molecule has 1 N–H and O–H groups in total. The number of hydrogen-bond donors (Lipinski definition) is 1. The highest BCUT2D eigenvalue weighted by Crippen LogP contribution is 2.23. The maximum Gasteiger partial charge on any atom is 0.0707 e. The van der Waals surface area contributed by atoms with Crippen molar-refractivity contribution in [1.82, 2.24) is 5.32 Å². The molecule has 0 atom stereocenters. The zero-order valence-corrected chi connectivity index (χ0v) is 11.8. The lowest BCUT2D eigenvalue weighted by Crippen LogP contribution is -2.26. The Bertz CT molecular complexity index is 183. The van der Waals surface area contributed by atoms with Gasteiger partial charge in [-0.15, -0.1) is 0 Å². The van der Waals surface area contributed by atoms with E-state index in [0.717, 1.165) is 19.1 Å². The molecule has 0 saturated heterocycles. The van der Waals surface area contributed by atoms with Gasteiger partial charge in [-0.3, -0.25) is 0 Å². The minimum Gasteiger partial charge on any atom is -0.378 e. The van der Waals surface area contributed by atoms with Crippen LogP contribution < -0.4 is 5.32 Å². The molecule has 0 aromatic heterocycles. The Morgan fingerprint density at radius 1 is 1.06 bits per heavy atom. The van der Waals surface area contributed by atoms with Gasteiger partial charge in [0.2, 0.25) is 0 Å². The summed E-state index contributed by atoms with van der Waals surface area (Å²) in [5.41, 5.74) is -0.0515. The first-order chi connectivity index (χ1) is 8.08. The van der Waals surface area contributed by atoms with Crippen LogP contribution in [-0.4, -0.2) is 38.5 Å². The summed E-state index contributed by atoms with van der Waals surface area (Å²) in [6, 6.07) is 0. The minimum atomic E-state index is -0.0515. The van der Waals surface area contributed by atoms with Crippen molar-refractivity contribution in [2.75, 3.05) is 32.9 Å². The van der Waals surface area contributed by atoms with E-state index < -0.39 is 0 Å². The molecule has 0 aromatic carbocycles. The lowest BCUT2D eigenvalue weighted by molar-refractivity contribution is -0.0343. The molecule has 0 heterocycles. The monoisotopic (exact) mass is 243 g/mol. The van der Waals surface area contributed by atoms with Gasteiger partial charge in [0, 0.05) is 6.54 Å². The Kier molecular flexibility index (Phi) is 7.09. The van der Waals surface area contributed by atoms with Gasteiger partial charge in [-0.25, -0.2) is 0 Å².